The van der Waals surface area contributed by atoms with Crippen LogP contribution in [0.2, 0.25) is 0 Å². The summed E-state index contributed by atoms with van der Waals surface area (Å²) in [6.07, 6.45) is 3.03. The molecule has 0 aromatic heterocycles. The molecule has 0 bridgehead atoms. The Kier molecular flexibility index (Phi) is 8.49. The molecule has 2 aromatic carbocycles. The van der Waals surface area contributed by atoms with E-state index in [1.54, 1.807) is 70.6 Å². The van der Waals surface area contributed by atoms with E-state index in [1.807, 2.05) is 12.1 Å². The third-order valence-electron chi connectivity index (χ3n) is 3.99. The van der Waals surface area contributed by atoms with Crippen LogP contribution in [0.5, 0.6) is 5.75 Å². The third-order valence-corrected chi connectivity index (χ3v) is 5.03. The molecule has 0 radical (unpaired) electrons. The molecule has 8 heteroatoms. The number of amides is 3. The first kappa shape index (κ1) is 23.0. The Hall–Kier alpha value is -3.26. The Morgan fingerprint density at radius 1 is 1.03 bits per heavy atom. The van der Waals surface area contributed by atoms with Crippen LogP contribution in [-0.4, -0.2) is 49.2 Å². The van der Waals surface area contributed by atoms with Crippen LogP contribution in [-0.2, 0) is 9.59 Å². The second kappa shape index (κ2) is 11.1. The first-order chi connectivity index (χ1) is 14.3. The standard InChI is InChI=1S/C22H25N3O4S/c1-15(23-20(26)14-7-16-5-10-18(29-4)11-6-16)21(27)24-17-8-12-19(13-9-17)30-22(28)25(2)3/h5-15H,1-4H3,(H,23,26)(H,24,27)/b14-7+. The van der Waals surface area contributed by atoms with Crippen LogP contribution in [0, 0.1) is 0 Å². The quantitative estimate of drug-likeness (QED) is 0.520. The number of rotatable bonds is 7. The summed E-state index contributed by atoms with van der Waals surface area (Å²) >= 11 is 1.10. The number of nitrogens with one attached hydrogen (secondary N) is 2. The highest BCUT2D eigenvalue weighted by Crippen LogP contribution is 2.22. The van der Waals surface area contributed by atoms with Crippen molar-refractivity contribution >= 4 is 40.6 Å². The van der Waals surface area contributed by atoms with Gasteiger partial charge < -0.3 is 20.3 Å². The Morgan fingerprint density at radius 3 is 2.23 bits per heavy atom. The molecule has 1 unspecified atom stereocenters. The second-order valence-corrected chi connectivity index (χ2v) is 7.64. The summed E-state index contributed by atoms with van der Waals surface area (Å²) in [6, 6.07) is 13.5. The van der Waals surface area contributed by atoms with E-state index < -0.39 is 6.04 Å². The smallest absolute Gasteiger partial charge is 0.285 e. The number of nitrogens with zero attached hydrogens (tertiary/aromatic N) is 1. The van der Waals surface area contributed by atoms with E-state index in [-0.39, 0.29) is 17.1 Å². The SMILES string of the molecule is COc1ccc(/C=C/C(=O)NC(C)C(=O)Nc2ccc(SC(=O)N(C)C)cc2)cc1. The summed E-state index contributed by atoms with van der Waals surface area (Å²) in [5.74, 6) is 0.0196. The van der Waals surface area contributed by atoms with Gasteiger partial charge in [-0.1, -0.05) is 12.1 Å². The zero-order valence-electron chi connectivity index (χ0n) is 17.3. The van der Waals surface area contributed by atoms with E-state index in [0.717, 1.165) is 28.0 Å². The van der Waals surface area contributed by atoms with Gasteiger partial charge >= 0.3 is 0 Å². The van der Waals surface area contributed by atoms with Crippen molar-refractivity contribution in [2.75, 3.05) is 26.5 Å². The summed E-state index contributed by atoms with van der Waals surface area (Å²) in [6.45, 7) is 1.61. The zero-order valence-corrected chi connectivity index (χ0v) is 18.2. The molecule has 3 amide bonds. The van der Waals surface area contributed by atoms with Gasteiger partial charge in [0.15, 0.2) is 0 Å². The average Bonchev–Trinajstić information content (AvgIpc) is 2.73. The van der Waals surface area contributed by atoms with Gasteiger partial charge in [0.05, 0.1) is 7.11 Å². The maximum Gasteiger partial charge on any atom is 0.285 e. The molecule has 158 valence electrons. The first-order valence-electron chi connectivity index (χ1n) is 9.21. The number of carbonyl (C=O) groups is 3. The van der Waals surface area contributed by atoms with Crippen molar-refractivity contribution in [3.63, 3.8) is 0 Å². The van der Waals surface area contributed by atoms with Gasteiger partial charge in [0.2, 0.25) is 11.8 Å². The molecule has 7 nitrogen and oxygen atoms in total. The molecular formula is C22H25N3O4S. The molecule has 0 fully saturated rings. The van der Waals surface area contributed by atoms with E-state index in [1.165, 1.54) is 11.0 Å². The van der Waals surface area contributed by atoms with Gasteiger partial charge in [-0.2, -0.15) is 0 Å². The molecule has 1 atom stereocenters. The summed E-state index contributed by atoms with van der Waals surface area (Å²) in [5, 5.41) is 5.29. The minimum Gasteiger partial charge on any atom is -0.497 e. The molecular weight excluding hydrogens is 402 g/mol. The Morgan fingerprint density at radius 2 is 1.67 bits per heavy atom. The van der Waals surface area contributed by atoms with Crippen molar-refractivity contribution in [1.29, 1.82) is 0 Å². The number of thioether (sulfide) groups is 1. The van der Waals surface area contributed by atoms with Crippen LogP contribution in [0.15, 0.2) is 59.5 Å². The van der Waals surface area contributed by atoms with Crippen molar-refractivity contribution in [3.8, 4) is 5.75 Å². The van der Waals surface area contributed by atoms with Gasteiger partial charge in [-0.3, -0.25) is 14.4 Å². The predicted molar refractivity (Wildman–Crippen MR) is 120 cm³/mol. The van der Waals surface area contributed by atoms with Gasteiger partial charge in [-0.05, 0) is 66.7 Å². The molecule has 0 aliphatic rings. The van der Waals surface area contributed by atoms with Crippen molar-refractivity contribution in [2.45, 2.75) is 17.9 Å². The molecule has 2 N–H and O–H groups in total. The molecule has 0 spiro atoms. The fourth-order valence-corrected chi connectivity index (χ4v) is 2.92. The van der Waals surface area contributed by atoms with E-state index >= 15 is 0 Å². The normalized spacial score (nSPS) is 11.6. The molecule has 0 heterocycles. The van der Waals surface area contributed by atoms with Gasteiger partial charge in [0.1, 0.15) is 11.8 Å². The molecule has 0 saturated heterocycles. The van der Waals surface area contributed by atoms with Gasteiger partial charge in [0, 0.05) is 30.8 Å². The number of benzene rings is 2. The van der Waals surface area contributed by atoms with Crippen molar-refractivity contribution in [1.82, 2.24) is 10.2 Å². The topological polar surface area (TPSA) is 87.7 Å². The second-order valence-electron chi connectivity index (χ2n) is 6.61. The van der Waals surface area contributed by atoms with Crippen molar-refractivity contribution < 1.29 is 19.1 Å². The van der Waals surface area contributed by atoms with Crippen LogP contribution < -0.4 is 15.4 Å². The summed E-state index contributed by atoms with van der Waals surface area (Å²) in [5.41, 5.74) is 1.42. The maximum absolute atomic E-state index is 12.3. The number of hydrogen-bond acceptors (Lipinski definition) is 5. The highest BCUT2D eigenvalue weighted by Gasteiger charge is 2.15. The van der Waals surface area contributed by atoms with Crippen molar-refractivity contribution in [2.24, 2.45) is 0 Å². The Balaban J connectivity index is 1.85. The van der Waals surface area contributed by atoms with Gasteiger partial charge in [-0.25, -0.2) is 0 Å². The molecule has 0 aliphatic heterocycles. The van der Waals surface area contributed by atoms with E-state index in [2.05, 4.69) is 10.6 Å². The number of hydrogen-bond donors (Lipinski definition) is 2. The lowest BCUT2D eigenvalue weighted by atomic mass is 10.2. The van der Waals surface area contributed by atoms with Crippen LogP contribution in [0.4, 0.5) is 10.5 Å². The molecule has 0 saturated carbocycles. The molecule has 0 aliphatic carbocycles. The largest absolute Gasteiger partial charge is 0.497 e. The lowest BCUT2D eigenvalue weighted by Gasteiger charge is -2.13. The lowest BCUT2D eigenvalue weighted by molar-refractivity contribution is -0.123. The van der Waals surface area contributed by atoms with E-state index in [9.17, 15) is 14.4 Å². The van der Waals surface area contributed by atoms with Gasteiger partial charge in [0.25, 0.3) is 5.24 Å². The molecule has 2 aromatic rings. The summed E-state index contributed by atoms with van der Waals surface area (Å²) < 4.78 is 5.09. The first-order valence-corrected chi connectivity index (χ1v) is 10.0. The Bertz CT molecular complexity index is 909. The fourth-order valence-electron chi connectivity index (χ4n) is 2.26. The average molecular weight is 428 g/mol. The van der Waals surface area contributed by atoms with Crippen molar-refractivity contribution in [3.05, 3.63) is 60.2 Å². The lowest BCUT2D eigenvalue weighted by Crippen LogP contribution is -2.40. The number of carbonyl (C=O) groups excluding carboxylic acids is 3. The van der Waals surface area contributed by atoms with Crippen LogP contribution in [0.25, 0.3) is 6.08 Å². The third kappa shape index (κ3) is 7.29. The van der Waals surface area contributed by atoms with Crippen LogP contribution in [0.3, 0.4) is 0 Å². The zero-order chi connectivity index (χ0) is 22.1. The molecule has 2 rings (SSSR count). The maximum atomic E-state index is 12.3. The monoisotopic (exact) mass is 427 g/mol. The van der Waals surface area contributed by atoms with E-state index in [4.69, 9.17) is 4.74 Å². The van der Waals surface area contributed by atoms with Gasteiger partial charge in [-0.15, -0.1) is 0 Å². The number of ether oxygens (including phenoxy) is 1. The highest BCUT2D eigenvalue weighted by atomic mass is 32.2. The molecule has 30 heavy (non-hydrogen) atoms. The summed E-state index contributed by atoms with van der Waals surface area (Å²) in [4.78, 5) is 38.4. The number of methoxy groups -OCH3 is 1. The number of anilines is 1. The van der Waals surface area contributed by atoms with Crippen LogP contribution in [0.1, 0.15) is 12.5 Å². The minimum absolute atomic E-state index is 0.0779. The fraction of sp³-hybridized carbons (Fsp3) is 0.227. The Labute approximate surface area is 180 Å². The predicted octanol–water partition coefficient (Wildman–Crippen LogP) is 3.63. The van der Waals surface area contributed by atoms with E-state index in [0.29, 0.717) is 5.69 Å². The summed E-state index contributed by atoms with van der Waals surface area (Å²) in [7, 11) is 4.96. The van der Waals surface area contributed by atoms with Crippen LogP contribution >= 0.6 is 11.8 Å². The highest BCUT2D eigenvalue weighted by molar-refractivity contribution is 8.13. The minimum atomic E-state index is -0.720.